The summed E-state index contributed by atoms with van der Waals surface area (Å²) in [4.78, 5) is 18.4. The van der Waals surface area contributed by atoms with Gasteiger partial charge >= 0.3 is 5.97 Å². The van der Waals surface area contributed by atoms with Gasteiger partial charge in [0.05, 0.1) is 11.7 Å². The number of pyridine rings is 1. The van der Waals surface area contributed by atoms with E-state index in [9.17, 15) is 9.90 Å². The fourth-order valence-corrected chi connectivity index (χ4v) is 3.58. The maximum atomic E-state index is 11.8. The summed E-state index contributed by atoms with van der Waals surface area (Å²) in [5.41, 5.74) is 2.92. The highest BCUT2D eigenvalue weighted by Crippen LogP contribution is 2.34. The van der Waals surface area contributed by atoms with Gasteiger partial charge in [0, 0.05) is 11.2 Å². The van der Waals surface area contributed by atoms with Gasteiger partial charge in [0.25, 0.3) is 0 Å². The number of carboxylic acid groups (broad SMARTS) is 1. The number of piperidine rings is 1. The number of aryl methyl sites for hydroxylation is 1. The van der Waals surface area contributed by atoms with Gasteiger partial charge < -0.3 is 5.11 Å². The third-order valence-electron chi connectivity index (χ3n) is 4.54. The highest BCUT2D eigenvalue weighted by Gasteiger charge is 2.35. The van der Waals surface area contributed by atoms with E-state index in [-0.39, 0.29) is 6.04 Å². The zero-order valence-electron chi connectivity index (χ0n) is 13.7. The number of nitrogens with zero attached hydrogens (tertiary/aromatic N) is 2. The molecule has 1 fully saturated rings. The number of likely N-dealkylation sites (tertiary alicyclic amines) is 1. The molecule has 1 aliphatic heterocycles. The number of halogens is 1. The van der Waals surface area contributed by atoms with Crippen LogP contribution >= 0.6 is 11.6 Å². The second kappa shape index (κ2) is 7.32. The van der Waals surface area contributed by atoms with Crippen LogP contribution in [0.2, 0.25) is 5.02 Å². The number of benzene rings is 1. The summed E-state index contributed by atoms with van der Waals surface area (Å²) in [5, 5.41) is 10.3. The van der Waals surface area contributed by atoms with Crippen molar-refractivity contribution < 1.29 is 9.90 Å². The molecular formula is C19H21ClN2O2. The second-order valence-electron chi connectivity index (χ2n) is 6.31. The molecule has 2 heterocycles. The predicted octanol–water partition coefficient (Wildman–Crippen LogP) is 4.07. The van der Waals surface area contributed by atoms with E-state index in [1.807, 2.05) is 49.5 Å². The third kappa shape index (κ3) is 3.60. The van der Waals surface area contributed by atoms with E-state index < -0.39 is 12.0 Å². The SMILES string of the molecule is Cc1ccc(C(c2cccc(Cl)c2)N2CCCCC2C(=O)O)nc1. The molecular weight excluding hydrogens is 324 g/mol. The summed E-state index contributed by atoms with van der Waals surface area (Å²) in [5.74, 6) is -0.770. The van der Waals surface area contributed by atoms with Crippen LogP contribution in [0.15, 0.2) is 42.6 Å². The molecule has 126 valence electrons. The molecule has 1 saturated heterocycles. The molecule has 0 bridgehead atoms. The van der Waals surface area contributed by atoms with Crippen molar-refractivity contribution in [1.82, 2.24) is 9.88 Å². The zero-order chi connectivity index (χ0) is 17.1. The largest absolute Gasteiger partial charge is 0.480 e. The number of carboxylic acids is 1. The quantitative estimate of drug-likeness (QED) is 0.908. The summed E-state index contributed by atoms with van der Waals surface area (Å²) in [6.07, 6.45) is 4.43. The molecule has 0 aliphatic carbocycles. The lowest BCUT2D eigenvalue weighted by atomic mass is 9.94. The van der Waals surface area contributed by atoms with E-state index in [2.05, 4.69) is 9.88 Å². The Balaban J connectivity index is 2.07. The average molecular weight is 345 g/mol. The molecule has 5 heteroatoms. The van der Waals surface area contributed by atoms with E-state index >= 15 is 0 Å². The fraction of sp³-hybridized carbons (Fsp3) is 0.368. The van der Waals surface area contributed by atoms with Gasteiger partial charge in [-0.25, -0.2) is 0 Å². The summed E-state index contributed by atoms with van der Waals surface area (Å²) in [6.45, 7) is 2.73. The Hall–Kier alpha value is -1.91. The molecule has 1 N–H and O–H groups in total. The lowest BCUT2D eigenvalue weighted by Gasteiger charge is -2.39. The van der Waals surface area contributed by atoms with Crippen LogP contribution in [0.1, 0.15) is 42.1 Å². The highest BCUT2D eigenvalue weighted by atomic mass is 35.5. The molecule has 3 rings (SSSR count). The smallest absolute Gasteiger partial charge is 0.320 e. The Morgan fingerprint density at radius 1 is 1.33 bits per heavy atom. The van der Waals surface area contributed by atoms with Gasteiger partial charge in [-0.3, -0.25) is 14.7 Å². The van der Waals surface area contributed by atoms with Crippen molar-refractivity contribution in [2.45, 2.75) is 38.3 Å². The monoisotopic (exact) mass is 344 g/mol. The molecule has 1 aliphatic rings. The number of aromatic nitrogens is 1. The Morgan fingerprint density at radius 3 is 2.83 bits per heavy atom. The van der Waals surface area contributed by atoms with Crippen LogP contribution in [-0.2, 0) is 4.79 Å². The van der Waals surface area contributed by atoms with Crippen LogP contribution in [0.5, 0.6) is 0 Å². The van der Waals surface area contributed by atoms with Gasteiger partial charge in [-0.05, 0) is 55.6 Å². The number of hydrogen-bond donors (Lipinski definition) is 1. The van der Waals surface area contributed by atoms with Gasteiger partial charge in [-0.1, -0.05) is 36.2 Å². The standard InChI is InChI=1S/C19H21ClN2O2/c1-13-8-9-16(21-12-13)18(14-5-4-6-15(20)11-14)22-10-3-2-7-17(22)19(23)24/h4-6,8-9,11-12,17-18H,2-3,7,10H2,1H3,(H,23,24). The van der Waals surface area contributed by atoms with Crippen LogP contribution in [-0.4, -0.2) is 33.5 Å². The van der Waals surface area contributed by atoms with E-state index in [4.69, 9.17) is 11.6 Å². The lowest BCUT2D eigenvalue weighted by Crippen LogP contribution is -2.47. The summed E-state index contributed by atoms with van der Waals surface area (Å²) >= 11 is 6.18. The molecule has 2 atom stereocenters. The topological polar surface area (TPSA) is 53.4 Å². The van der Waals surface area contributed by atoms with Gasteiger partial charge in [-0.15, -0.1) is 0 Å². The number of carbonyl (C=O) groups is 1. The first-order valence-electron chi connectivity index (χ1n) is 8.23. The Labute approximate surface area is 147 Å². The molecule has 0 radical (unpaired) electrons. The minimum absolute atomic E-state index is 0.203. The highest BCUT2D eigenvalue weighted by molar-refractivity contribution is 6.30. The molecule has 0 amide bonds. The average Bonchev–Trinajstić information content (AvgIpc) is 2.57. The maximum Gasteiger partial charge on any atom is 0.320 e. The molecule has 0 spiro atoms. The summed E-state index contributed by atoms with van der Waals surface area (Å²) < 4.78 is 0. The van der Waals surface area contributed by atoms with Gasteiger partial charge in [0.2, 0.25) is 0 Å². The van der Waals surface area contributed by atoms with E-state index in [0.29, 0.717) is 11.4 Å². The van der Waals surface area contributed by atoms with Crippen molar-refractivity contribution in [1.29, 1.82) is 0 Å². The van der Waals surface area contributed by atoms with Crippen molar-refractivity contribution >= 4 is 17.6 Å². The van der Waals surface area contributed by atoms with Crippen molar-refractivity contribution in [2.24, 2.45) is 0 Å². The van der Waals surface area contributed by atoms with Gasteiger partial charge in [0.15, 0.2) is 0 Å². The maximum absolute atomic E-state index is 11.8. The molecule has 1 aromatic carbocycles. The van der Waals surface area contributed by atoms with Gasteiger partial charge in [0.1, 0.15) is 6.04 Å². The van der Waals surface area contributed by atoms with E-state index in [1.165, 1.54) is 0 Å². The zero-order valence-corrected chi connectivity index (χ0v) is 14.4. The second-order valence-corrected chi connectivity index (χ2v) is 6.74. The normalized spacial score (nSPS) is 19.8. The number of aliphatic carboxylic acids is 1. The van der Waals surface area contributed by atoms with E-state index in [1.54, 1.807) is 0 Å². The van der Waals surface area contributed by atoms with E-state index in [0.717, 1.165) is 36.2 Å². The number of rotatable bonds is 4. The molecule has 24 heavy (non-hydrogen) atoms. The third-order valence-corrected chi connectivity index (χ3v) is 4.77. The van der Waals surface area contributed by atoms with Crippen LogP contribution in [0.25, 0.3) is 0 Å². The van der Waals surface area contributed by atoms with Crippen molar-refractivity contribution in [3.05, 3.63) is 64.4 Å². The van der Waals surface area contributed by atoms with Crippen LogP contribution in [0, 0.1) is 6.92 Å². The van der Waals surface area contributed by atoms with Gasteiger partial charge in [-0.2, -0.15) is 0 Å². The Bertz CT molecular complexity index is 718. The van der Waals surface area contributed by atoms with Crippen LogP contribution < -0.4 is 0 Å². The van der Waals surface area contributed by atoms with Crippen molar-refractivity contribution in [3.63, 3.8) is 0 Å². The first-order valence-corrected chi connectivity index (χ1v) is 8.60. The molecule has 1 aromatic heterocycles. The predicted molar refractivity (Wildman–Crippen MR) is 94.2 cm³/mol. The Morgan fingerprint density at radius 2 is 2.17 bits per heavy atom. The minimum Gasteiger partial charge on any atom is -0.480 e. The molecule has 2 unspecified atom stereocenters. The first kappa shape index (κ1) is 16.9. The fourth-order valence-electron chi connectivity index (χ4n) is 3.38. The van der Waals surface area contributed by atoms with Crippen molar-refractivity contribution in [3.8, 4) is 0 Å². The number of hydrogen-bond acceptors (Lipinski definition) is 3. The minimum atomic E-state index is -0.770. The first-order chi connectivity index (χ1) is 11.6. The van der Waals surface area contributed by atoms with Crippen LogP contribution in [0.4, 0.5) is 0 Å². The Kier molecular flexibility index (Phi) is 5.17. The molecule has 4 nitrogen and oxygen atoms in total. The summed E-state index contributed by atoms with van der Waals surface area (Å²) in [7, 11) is 0. The lowest BCUT2D eigenvalue weighted by molar-refractivity contribution is -0.145. The van der Waals surface area contributed by atoms with Crippen molar-refractivity contribution in [2.75, 3.05) is 6.54 Å². The van der Waals surface area contributed by atoms with Crippen LogP contribution in [0.3, 0.4) is 0 Å². The summed E-state index contributed by atoms with van der Waals surface area (Å²) in [6, 6.07) is 10.9. The molecule has 2 aromatic rings. The molecule has 0 saturated carbocycles.